The molecule has 4 rings (SSSR count). The number of morpholine rings is 1. The lowest BCUT2D eigenvalue weighted by Gasteiger charge is -2.27. The number of hydrogen-bond donors (Lipinski definition) is 0. The second-order valence-electron chi connectivity index (χ2n) is 7.81. The van der Waals surface area contributed by atoms with E-state index in [-0.39, 0.29) is 18.3 Å². The van der Waals surface area contributed by atoms with Crippen LogP contribution in [0, 0.1) is 6.92 Å². The molecule has 10 heteroatoms. The van der Waals surface area contributed by atoms with Crippen LogP contribution in [-0.4, -0.2) is 71.6 Å². The van der Waals surface area contributed by atoms with Gasteiger partial charge in [0.25, 0.3) is 5.91 Å². The highest BCUT2D eigenvalue weighted by Gasteiger charge is 2.24. The topological polar surface area (TPSA) is 72.7 Å². The fraction of sp³-hybridized carbons (Fsp3) is 0.522. The number of rotatable bonds is 9. The largest absolute Gasteiger partial charge is 0.494 e. The standard InChI is InChI=1S/C23H31N5O3S.ClH/c1-4-28-17(3)15-20(25-28)22(29)27(10-6-9-26-11-13-30-14-12-26)23-24-19-8-7-18(31-5-2)16-21(19)32-23;/h7-8,15-16H,4-6,9-14H2,1-3H3;1H. The van der Waals surface area contributed by atoms with Crippen molar-refractivity contribution in [2.45, 2.75) is 33.7 Å². The number of carbonyl (C=O) groups excluding carboxylic acids is 1. The second kappa shape index (κ2) is 11.8. The number of nitrogens with zero attached hydrogens (tertiary/aromatic N) is 5. The van der Waals surface area contributed by atoms with Gasteiger partial charge in [-0.3, -0.25) is 19.3 Å². The van der Waals surface area contributed by atoms with Crippen LogP contribution in [0.15, 0.2) is 24.3 Å². The van der Waals surface area contributed by atoms with Gasteiger partial charge in [0.1, 0.15) is 5.75 Å². The number of aromatic nitrogens is 3. The molecular weight excluding hydrogens is 462 g/mol. The van der Waals surface area contributed by atoms with Crippen molar-refractivity contribution in [2.75, 3.05) is 50.9 Å². The predicted octanol–water partition coefficient (Wildman–Crippen LogP) is 4.01. The minimum absolute atomic E-state index is 0. The molecule has 0 saturated carbocycles. The number of hydrogen-bond acceptors (Lipinski definition) is 7. The van der Waals surface area contributed by atoms with Crippen LogP contribution in [0.3, 0.4) is 0 Å². The van der Waals surface area contributed by atoms with E-state index in [2.05, 4.69) is 10.00 Å². The summed E-state index contributed by atoms with van der Waals surface area (Å²) in [6.07, 6.45) is 0.860. The zero-order valence-corrected chi connectivity index (χ0v) is 21.1. The van der Waals surface area contributed by atoms with Crippen LogP contribution in [0.2, 0.25) is 0 Å². The SMILES string of the molecule is CCOc1ccc2nc(N(CCCN3CCOCC3)C(=O)c3cc(C)n(CC)n3)sc2c1.Cl. The number of thiazole rings is 1. The first kappa shape index (κ1) is 25.4. The molecule has 180 valence electrons. The maximum Gasteiger partial charge on any atom is 0.280 e. The van der Waals surface area contributed by atoms with E-state index in [0.29, 0.717) is 24.0 Å². The van der Waals surface area contributed by atoms with E-state index in [1.807, 2.05) is 49.7 Å². The quantitative estimate of drug-likeness (QED) is 0.448. The van der Waals surface area contributed by atoms with E-state index in [1.165, 1.54) is 11.3 Å². The van der Waals surface area contributed by atoms with Gasteiger partial charge >= 0.3 is 0 Å². The van der Waals surface area contributed by atoms with Gasteiger partial charge in [0.15, 0.2) is 10.8 Å². The third-order valence-corrected chi connectivity index (χ3v) is 6.64. The molecule has 0 N–H and O–H groups in total. The van der Waals surface area contributed by atoms with Gasteiger partial charge in [0.2, 0.25) is 0 Å². The highest BCUT2D eigenvalue weighted by atomic mass is 35.5. The summed E-state index contributed by atoms with van der Waals surface area (Å²) in [4.78, 5) is 22.5. The molecule has 1 aliphatic rings. The van der Waals surface area contributed by atoms with E-state index in [4.69, 9.17) is 14.5 Å². The normalized spacial score (nSPS) is 14.3. The van der Waals surface area contributed by atoms with Crippen LogP contribution in [0.25, 0.3) is 10.2 Å². The van der Waals surface area contributed by atoms with Gasteiger partial charge < -0.3 is 9.47 Å². The van der Waals surface area contributed by atoms with Crippen molar-refractivity contribution in [3.8, 4) is 5.75 Å². The fourth-order valence-electron chi connectivity index (χ4n) is 3.90. The smallest absolute Gasteiger partial charge is 0.280 e. The fourth-order valence-corrected chi connectivity index (χ4v) is 4.92. The highest BCUT2D eigenvalue weighted by Crippen LogP contribution is 2.32. The van der Waals surface area contributed by atoms with Crippen molar-refractivity contribution in [1.82, 2.24) is 19.7 Å². The number of amides is 1. The third kappa shape index (κ3) is 6.03. The number of aryl methyl sites for hydroxylation is 2. The number of halogens is 1. The summed E-state index contributed by atoms with van der Waals surface area (Å²) in [6.45, 7) is 12.3. The Bertz CT molecular complexity index is 1060. The first-order valence-corrected chi connectivity index (χ1v) is 12.1. The van der Waals surface area contributed by atoms with Crippen molar-refractivity contribution in [3.63, 3.8) is 0 Å². The van der Waals surface area contributed by atoms with Gasteiger partial charge in [0, 0.05) is 38.4 Å². The van der Waals surface area contributed by atoms with Crippen molar-refractivity contribution < 1.29 is 14.3 Å². The summed E-state index contributed by atoms with van der Waals surface area (Å²) in [5.41, 5.74) is 2.31. The van der Waals surface area contributed by atoms with Crippen molar-refractivity contribution >= 4 is 45.0 Å². The molecule has 0 unspecified atom stereocenters. The molecule has 3 aromatic rings. The Morgan fingerprint density at radius 3 is 2.73 bits per heavy atom. The Kier molecular flexibility index (Phi) is 9.08. The van der Waals surface area contributed by atoms with Gasteiger partial charge in [-0.15, -0.1) is 12.4 Å². The molecule has 8 nitrogen and oxygen atoms in total. The molecule has 0 aliphatic carbocycles. The molecule has 1 aliphatic heterocycles. The Hall–Kier alpha value is -2.20. The van der Waals surface area contributed by atoms with Gasteiger partial charge in [-0.1, -0.05) is 11.3 Å². The minimum atomic E-state index is -0.105. The molecule has 0 bridgehead atoms. The summed E-state index contributed by atoms with van der Waals surface area (Å²) in [6, 6.07) is 7.73. The van der Waals surface area contributed by atoms with Crippen molar-refractivity contribution in [2.24, 2.45) is 0 Å². The Morgan fingerprint density at radius 2 is 2.03 bits per heavy atom. The summed E-state index contributed by atoms with van der Waals surface area (Å²) in [5.74, 6) is 0.712. The lowest BCUT2D eigenvalue weighted by molar-refractivity contribution is 0.0376. The molecule has 0 atom stereocenters. The summed E-state index contributed by atoms with van der Waals surface area (Å²) in [7, 11) is 0. The summed E-state index contributed by atoms with van der Waals surface area (Å²) in [5, 5.41) is 5.22. The predicted molar refractivity (Wildman–Crippen MR) is 134 cm³/mol. The van der Waals surface area contributed by atoms with Crippen LogP contribution in [0.1, 0.15) is 36.5 Å². The molecule has 0 radical (unpaired) electrons. The maximum absolute atomic E-state index is 13.5. The lowest BCUT2D eigenvalue weighted by Crippen LogP contribution is -2.39. The highest BCUT2D eigenvalue weighted by molar-refractivity contribution is 7.22. The van der Waals surface area contributed by atoms with Gasteiger partial charge in [-0.2, -0.15) is 5.10 Å². The molecule has 1 fully saturated rings. The molecular formula is C23H32ClN5O3S. The second-order valence-corrected chi connectivity index (χ2v) is 8.82. The molecule has 33 heavy (non-hydrogen) atoms. The average Bonchev–Trinajstić information content (AvgIpc) is 3.40. The number of benzene rings is 1. The Balaban J connectivity index is 0.00000306. The van der Waals surface area contributed by atoms with E-state index in [0.717, 1.165) is 67.5 Å². The van der Waals surface area contributed by atoms with Crippen molar-refractivity contribution in [1.29, 1.82) is 0 Å². The van der Waals surface area contributed by atoms with E-state index in [1.54, 1.807) is 4.90 Å². The number of anilines is 1. The van der Waals surface area contributed by atoms with E-state index in [9.17, 15) is 4.79 Å². The number of carbonyl (C=O) groups is 1. The molecule has 1 saturated heterocycles. The number of fused-ring (bicyclic) bond motifs is 1. The first-order valence-electron chi connectivity index (χ1n) is 11.3. The average molecular weight is 494 g/mol. The van der Waals surface area contributed by atoms with Gasteiger partial charge in [0.05, 0.1) is 30.0 Å². The zero-order chi connectivity index (χ0) is 22.5. The molecule has 2 aromatic heterocycles. The molecule has 1 aromatic carbocycles. The third-order valence-electron chi connectivity index (χ3n) is 5.60. The summed E-state index contributed by atoms with van der Waals surface area (Å²) >= 11 is 1.52. The zero-order valence-electron chi connectivity index (χ0n) is 19.5. The van der Waals surface area contributed by atoms with Crippen molar-refractivity contribution in [3.05, 3.63) is 35.7 Å². The maximum atomic E-state index is 13.5. The van der Waals surface area contributed by atoms with Crippen LogP contribution in [0.5, 0.6) is 5.75 Å². The summed E-state index contributed by atoms with van der Waals surface area (Å²) < 4.78 is 13.9. The van der Waals surface area contributed by atoms with Gasteiger partial charge in [-0.25, -0.2) is 4.98 Å². The van der Waals surface area contributed by atoms with Crippen LogP contribution < -0.4 is 9.64 Å². The molecule has 1 amide bonds. The monoisotopic (exact) mass is 493 g/mol. The Morgan fingerprint density at radius 1 is 1.24 bits per heavy atom. The lowest BCUT2D eigenvalue weighted by atomic mass is 10.3. The first-order chi connectivity index (χ1) is 15.6. The van der Waals surface area contributed by atoms with Gasteiger partial charge in [-0.05, 0) is 51.5 Å². The van der Waals surface area contributed by atoms with Crippen LogP contribution in [-0.2, 0) is 11.3 Å². The van der Waals surface area contributed by atoms with Crippen LogP contribution in [0.4, 0.5) is 5.13 Å². The van der Waals surface area contributed by atoms with E-state index >= 15 is 0 Å². The minimum Gasteiger partial charge on any atom is -0.494 e. The van der Waals surface area contributed by atoms with E-state index < -0.39 is 0 Å². The number of ether oxygens (including phenoxy) is 2. The van der Waals surface area contributed by atoms with Crippen LogP contribution >= 0.6 is 23.7 Å². The molecule has 0 spiro atoms. The Labute approximate surface area is 204 Å². The molecule has 3 heterocycles.